The first kappa shape index (κ1) is 19.9. The number of para-hydroxylation sites is 1. The SMILES string of the molecule is COc1ccc(C2CN(C(=O)n3ccc4ccccc43)CCO2)cc1OC1CCCC1. The van der Waals surface area contributed by atoms with Crippen molar-refractivity contribution in [2.24, 2.45) is 0 Å². The Hall–Kier alpha value is -2.99. The van der Waals surface area contributed by atoms with E-state index in [1.54, 1.807) is 11.7 Å². The molecule has 5 rings (SSSR count). The molecule has 162 valence electrons. The summed E-state index contributed by atoms with van der Waals surface area (Å²) >= 11 is 0. The molecule has 6 nitrogen and oxygen atoms in total. The fourth-order valence-electron chi connectivity index (χ4n) is 4.60. The molecule has 0 bridgehead atoms. The number of amides is 1. The molecule has 1 aliphatic heterocycles. The number of methoxy groups -OCH3 is 1. The Balaban J connectivity index is 1.35. The quantitative estimate of drug-likeness (QED) is 0.595. The number of morpholine rings is 1. The van der Waals surface area contributed by atoms with E-state index in [0.29, 0.717) is 19.7 Å². The summed E-state index contributed by atoms with van der Waals surface area (Å²) in [5, 5.41) is 1.06. The predicted octanol–water partition coefficient (Wildman–Crippen LogP) is 5.01. The predicted molar refractivity (Wildman–Crippen MR) is 119 cm³/mol. The van der Waals surface area contributed by atoms with Crippen molar-refractivity contribution >= 4 is 16.9 Å². The number of nitrogens with zero attached hydrogens (tertiary/aromatic N) is 2. The number of hydrogen-bond acceptors (Lipinski definition) is 4. The van der Waals surface area contributed by atoms with Crippen molar-refractivity contribution in [1.29, 1.82) is 0 Å². The van der Waals surface area contributed by atoms with Gasteiger partial charge in [-0.3, -0.25) is 4.57 Å². The van der Waals surface area contributed by atoms with E-state index in [-0.39, 0.29) is 18.2 Å². The van der Waals surface area contributed by atoms with Gasteiger partial charge in [0.15, 0.2) is 11.5 Å². The first-order valence-electron chi connectivity index (χ1n) is 11.0. The third-order valence-electron chi connectivity index (χ3n) is 6.30. The van der Waals surface area contributed by atoms with Gasteiger partial charge in [-0.2, -0.15) is 0 Å². The summed E-state index contributed by atoms with van der Waals surface area (Å²) in [6.07, 6.45) is 6.49. The van der Waals surface area contributed by atoms with Crippen LogP contribution >= 0.6 is 0 Å². The molecule has 1 saturated carbocycles. The molecule has 1 atom stereocenters. The number of carbonyl (C=O) groups is 1. The highest BCUT2D eigenvalue weighted by Gasteiger charge is 2.28. The van der Waals surface area contributed by atoms with Gasteiger partial charge in [-0.15, -0.1) is 0 Å². The summed E-state index contributed by atoms with van der Waals surface area (Å²) in [5.41, 5.74) is 1.93. The number of carbonyl (C=O) groups excluding carboxylic acids is 1. The second-order valence-electron chi connectivity index (χ2n) is 8.27. The number of benzene rings is 2. The van der Waals surface area contributed by atoms with Gasteiger partial charge in [0, 0.05) is 18.1 Å². The number of fused-ring (bicyclic) bond motifs is 1. The summed E-state index contributed by atoms with van der Waals surface area (Å²) < 4.78 is 19.5. The number of ether oxygens (including phenoxy) is 3. The Morgan fingerprint density at radius 2 is 1.90 bits per heavy atom. The van der Waals surface area contributed by atoms with Gasteiger partial charge in [-0.1, -0.05) is 24.3 Å². The van der Waals surface area contributed by atoms with Crippen molar-refractivity contribution in [2.75, 3.05) is 26.8 Å². The molecule has 0 radical (unpaired) electrons. The smallest absolute Gasteiger partial charge is 0.328 e. The Morgan fingerprint density at radius 3 is 2.74 bits per heavy atom. The van der Waals surface area contributed by atoms with Gasteiger partial charge in [0.05, 0.1) is 31.9 Å². The number of aromatic nitrogens is 1. The van der Waals surface area contributed by atoms with E-state index in [9.17, 15) is 4.79 Å². The first-order valence-corrected chi connectivity index (χ1v) is 11.0. The molecule has 0 N–H and O–H groups in total. The van der Waals surface area contributed by atoms with Gasteiger partial charge >= 0.3 is 6.03 Å². The molecule has 0 spiro atoms. The van der Waals surface area contributed by atoms with Gasteiger partial charge in [-0.25, -0.2) is 4.79 Å². The molecule has 31 heavy (non-hydrogen) atoms. The van der Waals surface area contributed by atoms with Crippen LogP contribution in [0.15, 0.2) is 54.7 Å². The van der Waals surface area contributed by atoms with E-state index in [1.165, 1.54) is 12.8 Å². The monoisotopic (exact) mass is 420 g/mol. The van der Waals surface area contributed by atoms with Crippen LogP contribution in [0.4, 0.5) is 4.79 Å². The zero-order valence-corrected chi connectivity index (χ0v) is 17.8. The van der Waals surface area contributed by atoms with Crippen LogP contribution in [0.1, 0.15) is 37.4 Å². The highest BCUT2D eigenvalue weighted by atomic mass is 16.5. The fourth-order valence-corrected chi connectivity index (χ4v) is 4.60. The van der Waals surface area contributed by atoms with E-state index < -0.39 is 0 Å². The minimum absolute atomic E-state index is 0.0227. The maximum Gasteiger partial charge on any atom is 0.328 e. The van der Waals surface area contributed by atoms with Crippen molar-refractivity contribution in [3.8, 4) is 11.5 Å². The maximum absolute atomic E-state index is 13.2. The largest absolute Gasteiger partial charge is 0.493 e. The molecule has 2 aliphatic rings. The standard InChI is InChI=1S/C25H28N2O4/c1-29-22-11-10-19(16-23(22)31-20-7-3-4-8-20)24-17-26(14-15-30-24)25(28)27-13-12-18-6-2-5-9-21(18)27/h2,5-6,9-13,16,20,24H,3-4,7-8,14-15,17H2,1H3. The van der Waals surface area contributed by atoms with Gasteiger partial charge < -0.3 is 19.1 Å². The van der Waals surface area contributed by atoms with Crippen LogP contribution < -0.4 is 9.47 Å². The molecule has 2 heterocycles. The zero-order valence-electron chi connectivity index (χ0n) is 17.8. The molecule has 1 aliphatic carbocycles. The first-order chi connectivity index (χ1) is 15.2. The molecular formula is C25H28N2O4. The van der Waals surface area contributed by atoms with Crippen molar-refractivity contribution in [3.05, 3.63) is 60.3 Å². The average molecular weight is 421 g/mol. The van der Waals surface area contributed by atoms with Crippen LogP contribution in [-0.4, -0.2) is 48.4 Å². The lowest BCUT2D eigenvalue weighted by molar-refractivity contribution is -0.0153. The van der Waals surface area contributed by atoms with Crippen LogP contribution in [0, 0.1) is 0 Å². The topological polar surface area (TPSA) is 52.9 Å². The molecule has 1 saturated heterocycles. The van der Waals surface area contributed by atoms with E-state index in [4.69, 9.17) is 14.2 Å². The van der Waals surface area contributed by atoms with Gasteiger partial charge in [0.25, 0.3) is 0 Å². The summed E-state index contributed by atoms with van der Waals surface area (Å²) in [6, 6.07) is 15.8. The van der Waals surface area contributed by atoms with Gasteiger partial charge in [-0.05, 0) is 55.5 Å². The Morgan fingerprint density at radius 1 is 1.06 bits per heavy atom. The average Bonchev–Trinajstić information content (AvgIpc) is 3.48. The molecule has 1 amide bonds. The lowest BCUT2D eigenvalue weighted by atomic mass is 10.1. The van der Waals surface area contributed by atoms with E-state index >= 15 is 0 Å². The molecule has 2 fully saturated rings. The molecular weight excluding hydrogens is 392 g/mol. The molecule has 3 aromatic rings. The number of rotatable bonds is 4. The van der Waals surface area contributed by atoms with Crippen molar-refractivity contribution < 1.29 is 19.0 Å². The third kappa shape index (κ3) is 4.00. The second-order valence-corrected chi connectivity index (χ2v) is 8.27. The molecule has 1 unspecified atom stereocenters. The summed E-state index contributed by atoms with van der Waals surface area (Å²) in [6.45, 7) is 1.57. The fraction of sp³-hybridized carbons (Fsp3) is 0.400. The van der Waals surface area contributed by atoms with Crippen molar-refractivity contribution in [2.45, 2.75) is 37.9 Å². The van der Waals surface area contributed by atoms with E-state index in [1.807, 2.05) is 59.6 Å². The molecule has 6 heteroatoms. The van der Waals surface area contributed by atoms with Crippen LogP contribution in [0.25, 0.3) is 10.9 Å². The Labute approximate surface area is 182 Å². The van der Waals surface area contributed by atoms with Gasteiger partial charge in [0.2, 0.25) is 0 Å². The highest BCUT2D eigenvalue weighted by molar-refractivity contribution is 5.91. The van der Waals surface area contributed by atoms with Crippen LogP contribution in [-0.2, 0) is 4.74 Å². The number of hydrogen-bond donors (Lipinski definition) is 0. The minimum atomic E-state index is -0.198. The lowest BCUT2D eigenvalue weighted by Gasteiger charge is -2.33. The van der Waals surface area contributed by atoms with E-state index in [2.05, 4.69) is 0 Å². The highest BCUT2D eigenvalue weighted by Crippen LogP contribution is 2.35. The van der Waals surface area contributed by atoms with Gasteiger partial charge in [0.1, 0.15) is 6.10 Å². The molecule has 2 aromatic carbocycles. The molecule has 1 aromatic heterocycles. The Kier molecular flexibility index (Phi) is 5.55. The van der Waals surface area contributed by atoms with Crippen LogP contribution in [0.5, 0.6) is 11.5 Å². The minimum Gasteiger partial charge on any atom is -0.493 e. The van der Waals surface area contributed by atoms with Crippen LogP contribution in [0.2, 0.25) is 0 Å². The zero-order chi connectivity index (χ0) is 21.2. The maximum atomic E-state index is 13.2. The second kappa shape index (κ2) is 8.63. The summed E-state index contributed by atoms with van der Waals surface area (Å²) in [7, 11) is 1.66. The van der Waals surface area contributed by atoms with Crippen molar-refractivity contribution in [1.82, 2.24) is 9.47 Å². The van der Waals surface area contributed by atoms with E-state index in [0.717, 1.165) is 40.8 Å². The Bertz CT molecular complexity index is 1070. The lowest BCUT2D eigenvalue weighted by Crippen LogP contribution is -2.44. The third-order valence-corrected chi connectivity index (χ3v) is 6.30. The van der Waals surface area contributed by atoms with Crippen molar-refractivity contribution in [3.63, 3.8) is 0 Å². The summed E-state index contributed by atoms with van der Waals surface area (Å²) in [4.78, 5) is 15.1. The normalized spacial score (nSPS) is 19.6. The van der Waals surface area contributed by atoms with Crippen LogP contribution in [0.3, 0.4) is 0 Å². The summed E-state index contributed by atoms with van der Waals surface area (Å²) in [5.74, 6) is 1.49.